The molecule has 0 N–H and O–H groups in total. The summed E-state index contributed by atoms with van der Waals surface area (Å²) in [5.41, 5.74) is 1.98. The molecule has 0 fully saturated rings. The molecule has 3 aromatic rings. The van der Waals surface area contributed by atoms with Crippen LogP contribution < -0.4 is 0 Å². The van der Waals surface area contributed by atoms with Crippen LogP contribution in [0.1, 0.15) is 18.4 Å². The van der Waals surface area contributed by atoms with E-state index in [1.807, 2.05) is 13.0 Å². The topological polar surface area (TPSA) is 38.7 Å². The highest BCUT2D eigenvalue weighted by Crippen LogP contribution is 2.36. The van der Waals surface area contributed by atoms with Crippen molar-refractivity contribution in [1.29, 1.82) is 0 Å². The summed E-state index contributed by atoms with van der Waals surface area (Å²) < 4.78 is 1.16. The van der Waals surface area contributed by atoms with Gasteiger partial charge < -0.3 is 0 Å². The molecule has 0 amide bonds. The van der Waals surface area contributed by atoms with E-state index in [1.54, 1.807) is 34.4 Å². The van der Waals surface area contributed by atoms with E-state index in [1.165, 1.54) is 0 Å². The number of hydrogen-bond acceptors (Lipinski definition) is 6. The fourth-order valence-corrected chi connectivity index (χ4v) is 4.33. The SMILES string of the molecule is CCCSc1nnc(-c2cccs2)c2sc(C)nc12. The van der Waals surface area contributed by atoms with Crippen molar-refractivity contribution >= 4 is 44.7 Å². The van der Waals surface area contributed by atoms with E-state index in [9.17, 15) is 0 Å². The van der Waals surface area contributed by atoms with Crippen LogP contribution in [0.4, 0.5) is 0 Å². The largest absolute Gasteiger partial charge is 0.238 e. The highest BCUT2D eigenvalue weighted by molar-refractivity contribution is 7.99. The second kappa shape index (κ2) is 5.56. The highest BCUT2D eigenvalue weighted by atomic mass is 32.2. The Hall–Kier alpha value is -0.980. The Morgan fingerprint density at radius 2 is 2.21 bits per heavy atom. The molecule has 3 heterocycles. The van der Waals surface area contributed by atoms with Crippen LogP contribution in [0.25, 0.3) is 20.8 Å². The van der Waals surface area contributed by atoms with Crippen molar-refractivity contribution in [2.75, 3.05) is 5.75 Å². The summed E-state index contributed by atoms with van der Waals surface area (Å²) in [5, 5.41) is 12.9. The van der Waals surface area contributed by atoms with Gasteiger partial charge in [-0.3, -0.25) is 0 Å². The fourth-order valence-electron chi connectivity index (χ4n) is 1.79. The molecule has 19 heavy (non-hydrogen) atoms. The second-order valence-electron chi connectivity index (χ2n) is 4.09. The lowest BCUT2D eigenvalue weighted by Gasteiger charge is -2.02. The predicted molar refractivity (Wildman–Crippen MR) is 84.3 cm³/mol. The molecule has 0 unspecified atom stereocenters. The van der Waals surface area contributed by atoms with Crippen molar-refractivity contribution in [3.8, 4) is 10.6 Å². The Kier molecular flexibility index (Phi) is 3.81. The lowest BCUT2D eigenvalue weighted by molar-refractivity contribution is 0.954. The predicted octanol–water partition coefficient (Wildman–Crippen LogP) is 4.63. The number of aryl methyl sites for hydroxylation is 1. The number of aromatic nitrogens is 3. The number of rotatable bonds is 4. The number of nitrogens with zero attached hydrogens (tertiary/aromatic N) is 3. The van der Waals surface area contributed by atoms with Crippen molar-refractivity contribution in [3.63, 3.8) is 0 Å². The quantitative estimate of drug-likeness (QED) is 0.659. The number of hydrogen-bond donors (Lipinski definition) is 0. The summed E-state index contributed by atoms with van der Waals surface area (Å²) in [6.07, 6.45) is 1.13. The Bertz CT molecular complexity index is 689. The molecule has 0 saturated heterocycles. The summed E-state index contributed by atoms with van der Waals surface area (Å²) in [5.74, 6) is 1.05. The summed E-state index contributed by atoms with van der Waals surface area (Å²) >= 11 is 5.14. The molecule has 0 spiro atoms. The van der Waals surface area contributed by atoms with Gasteiger partial charge in [0.1, 0.15) is 16.2 Å². The molecule has 0 aliphatic heterocycles. The first-order valence-corrected chi connectivity index (χ1v) is 8.78. The smallest absolute Gasteiger partial charge is 0.146 e. The Morgan fingerprint density at radius 1 is 1.32 bits per heavy atom. The van der Waals surface area contributed by atoms with Crippen LogP contribution in [0.5, 0.6) is 0 Å². The van der Waals surface area contributed by atoms with Crippen LogP contribution in [-0.4, -0.2) is 20.9 Å². The molecular formula is C13H13N3S3. The summed E-state index contributed by atoms with van der Waals surface area (Å²) in [6, 6.07) is 4.13. The van der Waals surface area contributed by atoms with Crippen molar-refractivity contribution in [1.82, 2.24) is 15.2 Å². The van der Waals surface area contributed by atoms with Crippen LogP contribution in [0.15, 0.2) is 22.5 Å². The van der Waals surface area contributed by atoms with Crippen molar-refractivity contribution in [2.24, 2.45) is 0 Å². The number of thioether (sulfide) groups is 1. The first-order chi connectivity index (χ1) is 9.29. The third kappa shape index (κ3) is 2.52. The van der Waals surface area contributed by atoms with Gasteiger partial charge in [0.05, 0.1) is 14.6 Å². The molecule has 3 nitrogen and oxygen atoms in total. The van der Waals surface area contributed by atoms with E-state index in [2.05, 4.69) is 33.6 Å². The molecular weight excluding hydrogens is 294 g/mol. The van der Waals surface area contributed by atoms with E-state index >= 15 is 0 Å². The highest BCUT2D eigenvalue weighted by Gasteiger charge is 2.15. The molecule has 0 aliphatic carbocycles. The molecule has 0 aromatic carbocycles. The minimum atomic E-state index is 0.960. The lowest BCUT2D eigenvalue weighted by atomic mass is 10.3. The Morgan fingerprint density at radius 3 is 2.95 bits per heavy atom. The van der Waals surface area contributed by atoms with E-state index in [0.717, 1.165) is 43.0 Å². The van der Waals surface area contributed by atoms with Gasteiger partial charge >= 0.3 is 0 Å². The number of thiazole rings is 1. The van der Waals surface area contributed by atoms with Crippen LogP contribution >= 0.6 is 34.4 Å². The van der Waals surface area contributed by atoms with Crippen LogP contribution in [0.3, 0.4) is 0 Å². The second-order valence-corrected chi connectivity index (χ2v) is 7.32. The van der Waals surface area contributed by atoms with Gasteiger partial charge in [0.15, 0.2) is 0 Å². The fraction of sp³-hybridized carbons (Fsp3) is 0.308. The third-order valence-electron chi connectivity index (χ3n) is 2.59. The molecule has 98 valence electrons. The zero-order chi connectivity index (χ0) is 13.2. The maximum atomic E-state index is 4.64. The van der Waals surface area contributed by atoms with Crippen molar-refractivity contribution in [3.05, 3.63) is 22.5 Å². The average molecular weight is 307 g/mol. The molecule has 6 heteroatoms. The minimum absolute atomic E-state index is 0.960. The molecule has 0 aliphatic rings. The first kappa shape index (κ1) is 13.0. The minimum Gasteiger partial charge on any atom is -0.238 e. The monoisotopic (exact) mass is 307 g/mol. The lowest BCUT2D eigenvalue weighted by Crippen LogP contribution is -1.91. The Labute approximate surface area is 124 Å². The van der Waals surface area contributed by atoms with Gasteiger partial charge in [-0.2, -0.15) is 0 Å². The number of thiophene rings is 1. The summed E-state index contributed by atoms with van der Waals surface area (Å²) in [6.45, 7) is 4.21. The maximum Gasteiger partial charge on any atom is 0.146 e. The zero-order valence-corrected chi connectivity index (χ0v) is 13.2. The van der Waals surface area contributed by atoms with Gasteiger partial charge in [-0.25, -0.2) is 4.98 Å². The van der Waals surface area contributed by atoms with Crippen LogP contribution in [0, 0.1) is 6.92 Å². The van der Waals surface area contributed by atoms with Gasteiger partial charge in [0, 0.05) is 0 Å². The normalized spacial score (nSPS) is 11.3. The van der Waals surface area contributed by atoms with Gasteiger partial charge in [-0.05, 0) is 30.5 Å². The summed E-state index contributed by atoms with van der Waals surface area (Å²) in [7, 11) is 0. The molecule has 0 radical (unpaired) electrons. The van der Waals surface area contributed by atoms with E-state index in [4.69, 9.17) is 0 Å². The van der Waals surface area contributed by atoms with E-state index in [0.29, 0.717) is 0 Å². The first-order valence-electron chi connectivity index (χ1n) is 6.10. The van der Waals surface area contributed by atoms with E-state index in [-0.39, 0.29) is 0 Å². The van der Waals surface area contributed by atoms with Crippen LogP contribution in [-0.2, 0) is 0 Å². The zero-order valence-electron chi connectivity index (χ0n) is 10.7. The maximum absolute atomic E-state index is 4.64. The third-order valence-corrected chi connectivity index (χ3v) is 5.60. The molecule has 0 bridgehead atoms. The number of fused-ring (bicyclic) bond motifs is 1. The van der Waals surface area contributed by atoms with Gasteiger partial charge in [0.25, 0.3) is 0 Å². The standard InChI is InChI=1S/C13H13N3S3/c1-3-6-18-13-11-12(19-8(2)14-11)10(15-16-13)9-5-4-7-17-9/h4-5,7H,3,6H2,1-2H3. The molecule has 3 rings (SSSR count). The van der Waals surface area contributed by atoms with Crippen LogP contribution in [0.2, 0.25) is 0 Å². The molecule has 3 aromatic heterocycles. The van der Waals surface area contributed by atoms with E-state index < -0.39 is 0 Å². The van der Waals surface area contributed by atoms with Gasteiger partial charge in [0.2, 0.25) is 0 Å². The summed E-state index contributed by atoms with van der Waals surface area (Å²) in [4.78, 5) is 5.80. The van der Waals surface area contributed by atoms with Gasteiger partial charge in [-0.15, -0.1) is 44.6 Å². The average Bonchev–Trinajstić information content (AvgIpc) is 3.04. The Balaban J connectivity index is 2.16. The molecule has 0 atom stereocenters. The van der Waals surface area contributed by atoms with Gasteiger partial charge in [-0.1, -0.05) is 13.0 Å². The van der Waals surface area contributed by atoms with Crippen molar-refractivity contribution in [2.45, 2.75) is 25.3 Å². The van der Waals surface area contributed by atoms with Crippen molar-refractivity contribution < 1.29 is 0 Å². The molecule has 0 saturated carbocycles.